The molecule has 114 valence electrons. The molecule has 5 heteroatoms. The molecule has 21 heavy (non-hydrogen) atoms. The number of hydrogen-bond donors (Lipinski definition) is 2. The first kappa shape index (κ1) is 15.5. The van der Waals surface area contributed by atoms with Crippen LogP contribution in [0.15, 0.2) is 30.3 Å². The summed E-state index contributed by atoms with van der Waals surface area (Å²) in [5, 5.41) is 10.5. The third-order valence-corrected chi connectivity index (χ3v) is 4.07. The second kappa shape index (κ2) is 6.26. The lowest BCUT2D eigenvalue weighted by Crippen LogP contribution is -2.45. The zero-order chi connectivity index (χ0) is 15.5. The van der Waals surface area contributed by atoms with Gasteiger partial charge in [-0.25, -0.2) is 0 Å². The van der Waals surface area contributed by atoms with Crippen LogP contribution in [0.3, 0.4) is 0 Å². The molecule has 1 aromatic carbocycles. The van der Waals surface area contributed by atoms with Gasteiger partial charge in [-0.3, -0.25) is 9.59 Å². The second-order valence-electron chi connectivity index (χ2n) is 5.90. The Morgan fingerprint density at radius 2 is 2.05 bits per heavy atom. The number of nitrogens with two attached hydrogens (primary N) is 1. The van der Waals surface area contributed by atoms with Crippen LogP contribution in [0.2, 0.25) is 0 Å². The molecule has 0 saturated carbocycles. The molecule has 1 fully saturated rings. The van der Waals surface area contributed by atoms with E-state index in [1.807, 2.05) is 18.2 Å². The third kappa shape index (κ3) is 3.82. The average Bonchev–Trinajstić information content (AvgIpc) is 2.48. The molecule has 1 aliphatic heterocycles. The summed E-state index contributed by atoms with van der Waals surface area (Å²) < 4.78 is 0. The van der Waals surface area contributed by atoms with E-state index in [0.717, 1.165) is 12.8 Å². The number of carbonyl (C=O) groups is 2. The standard InChI is InChI=1S/C16H22N2O3/c1-16(21,13-7-3-2-4-8-13)10-14(19)18-9-5-6-12(11-18)15(17)20/h2-4,7-8,12,21H,5-6,9-11H2,1H3,(H2,17,20). The van der Waals surface area contributed by atoms with Gasteiger partial charge in [0.1, 0.15) is 0 Å². The van der Waals surface area contributed by atoms with E-state index in [9.17, 15) is 14.7 Å². The molecule has 2 atom stereocenters. The van der Waals surface area contributed by atoms with Crippen molar-refractivity contribution in [2.24, 2.45) is 11.7 Å². The Labute approximate surface area is 124 Å². The number of benzene rings is 1. The Kier molecular flexibility index (Phi) is 4.63. The molecule has 0 spiro atoms. The number of piperidine rings is 1. The number of primary amides is 1. The van der Waals surface area contributed by atoms with Crippen molar-refractivity contribution in [3.8, 4) is 0 Å². The molecule has 1 heterocycles. The summed E-state index contributed by atoms with van der Waals surface area (Å²) in [4.78, 5) is 25.3. The zero-order valence-corrected chi connectivity index (χ0v) is 12.3. The van der Waals surface area contributed by atoms with Gasteiger partial charge in [0, 0.05) is 13.1 Å². The summed E-state index contributed by atoms with van der Waals surface area (Å²) >= 11 is 0. The smallest absolute Gasteiger partial charge is 0.225 e. The van der Waals surface area contributed by atoms with Crippen molar-refractivity contribution in [2.45, 2.75) is 31.8 Å². The predicted octanol–water partition coefficient (Wildman–Crippen LogP) is 1.01. The second-order valence-corrected chi connectivity index (χ2v) is 5.90. The van der Waals surface area contributed by atoms with Crippen molar-refractivity contribution >= 4 is 11.8 Å². The lowest BCUT2D eigenvalue weighted by atomic mass is 9.91. The maximum atomic E-state index is 12.4. The minimum absolute atomic E-state index is 0.00248. The van der Waals surface area contributed by atoms with E-state index in [1.165, 1.54) is 0 Å². The highest BCUT2D eigenvalue weighted by molar-refractivity contribution is 5.80. The molecule has 3 N–H and O–H groups in total. The highest BCUT2D eigenvalue weighted by Gasteiger charge is 2.32. The number of rotatable bonds is 4. The molecule has 1 aromatic rings. The van der Waals surface area contributed by atoms with E-state index in [0.29, 0.717) is 18.7 Å². The van der Waals surface area contributed by atoms with Crippen molar-refractivity contribution in [3.63, 3.8) is 0 Å². The Hall–Kier alpha value is -1.88. The summed E-state index contributed by atoms with van der Waals surface area (Å²) in [6.07, 6.45) is 1.50. The molecular weight excluding hydrogens is 268 g/mol. The van der Waals surface area contributed by atoms with E-state index in [2.05, 4.69) is 0 Å². The molecule has 0 aliphatic carbocycles. The fraction of sp³-hybridized carbons (Fsp3) is 0.500. The van der Waals surface area contributed by atoms with Crippen LogP contribution in [0.4, 0.5) is 0 Å². The van der Waals surface area contributed by atoms with Gasteiger partial charge in [-0.1, -0.05) is 30.3 Å². The van der Waals surface area contributed by atoms with E-state index in [1.54, 1.807) is 24.0 Å². The van der Waals surface area contributed by atoms with E-state index in [4.69, 9.17) is 5.73 Å². The van der Waals surface area contributed by atoms with Crippen molar-refractivity contribution in [1.29, 1.82) is 0 Å². The van der Waals surface area contributed by atoms with Crippen LogP contribution in [0, 0.1) is 5.92 Å². The Morgan fingerprint density at radius 1 is 1.38 bits per heavy atom. The largest absolute Gasteiger partial charge is 0.385 e. The van der Waals surface area contributed by atoms with Gasteiger partial charge >= 0.3 is 0 Å². The highest BCUT2D eigenvalue weighted by Crippen LogP contribution is 2.26. The molecule has 1 aliphatic rings. The molecule has 0 bridgehead atoms. The van der Waals surface area contributed by atoms with E-state index < -0.39 is 5.60 Å². The maximum Gasteiger partial charge on any atom is 0.225 e. The monoisotopic (exact) mass is 290 g/mol. The van der Waals surface area contributed by atoms with Crippen LogP contribution in [-0.2, 0) is 15.2 Å². The van der Waals surface area contributed by atoms with Crippen molar-refractivity contribution in [2.75, 3.05) is 13.1 Å². The van der Waals surface area contributed by atoms with Gasteiger partial charge < -0.3 is 15.7 Å². The summed E-state index contributed by atoms with van der Waals surface area (Å²) in [7, 11) is 0. The molecule has 2 amide bonds. The van der Waals surface area contributed by atoms with Gasteiger partial charge in [-0.15, -0.1) is 0 Å². The molecular formula is C16H22N2O3. The summed E-state index contributed by atoms with van der Waals surface area (Å²) in [5.74, 6) is -0.776. The number of aliphatic hydroxyl groups is 1. The van der Waals surface area contributed by atoms with Crippen molar-refractivity contribution < 1.29 is 14.7 Å². The van der Waals surface area contributed by atoms with Crippen LogP contribution in [0.1, 0.15) is 31.7 Å². The van der Waals surface area contributed by atoms with Gasteiger partial charge in [0.15, 0.2) is 0 Å². The number of hydrogen-bond acceptors (Lipinski definition) is 3. The van der Waals surface area contributed by atoms with Crippen LogP contribution < -0.4 is 5.73 Å². The van der Waals surface area contributed by atoms with Crippen molar-refractivity contribution in [1.82, 2.24) is 4.90 Å². The fourth-order valence-corrected chi connectivity index (χ4v) is 2.74. The SMILES string of the molecule is CC(O)(CC(=O)N1CCCC(C(N)=O)C1)c1ccccc1. The topological polar surface area (TPSA) is 83.6 Å². The molecule has 5 nitrogen and oxygen atoms in total. The average molecular weight is 290 g/mol. The normalized spacial score (nSPS) is 21.6. The summed E-state index contributed by atoms with van der Waals surface area (Å²) in [5.41, 5.74) is 4.82. The molecule has 1 saturated heterocycles. The van der Waals surface area contributed by atoms with Gasteiger partial charge in [0.25, 0.3) is 0 Å². The number of nitrogens with zero attached hydrogens (tertiary/aromatic N) is 1. The lowest BCUT2D eigenvalue weighted by Gasteiger charge is -2.33. The number of carbonyl (C=O) groups excluding carboxylic acids is 2. The van der Waals surface area contributed by atoms with E-state index in [-0.39, 0.29) is 24.2 Å². The minimum Gasteiger partial charge on any atom is -0.385 e. The minimum atomic E-state index is -1.21. The summed E-state index contributed by atoms with van der Waals surface area (Å²) in [6.45, 7) is 2.61. The van der Waals surface area contributed by atoms with Crippen molar-refractivity contribution in [3.05, 3.63) is 35.9 Å². The molecule has 2 unspecified atom stereocenters. The van der Waals surface area contributed by atoms with Gasteiger partial charge in [-0.2, -0.15) is 0 Å². The van der Waals surface area contributed by atoms with Crippen LogP contribution in [0.5, 0.6) is 0 Å². The third-order valence-electron chi connectivity index (χ3n) is 4.07. The summed E-state index contributed by atoms with van der Waals surface area (Å²) in [6, 6.07) is 9.13. The first-order valence-corrected chi connectivity index (χ1v) is 7.25. The Bertz CT molecular complexity index is 514. The van der Waals surface area contributed by atoms with E-state index >= 15 is 0 Å². The molecule has 2 rings (SSSR count). The van der Waals surface area contributed by atoms with Gasteiger partial charge in [-0.05, 0) is 25.3 Å². The fourth-order valence-electron chi connectivity index (χ4n) is 2.74. The maximum absolute atomic E-state index is 12.4. The number of likely N-dealkylation sites (tertiary alicyclic amines) is 1. The Balaban J connectivity index is 2.02. The predicted molar refractivity (Wildman–Crippen MR) is 79.1 cm³/mol. The van der Waals surface area contributed by atoms with Gasteiger partial charge in [0.05, 0.1) is 17.9 Å². The first-order chi connectivity index (χ1) is 9.90. The van der Waals surface area contributed by atoms with Crippen LogP contribution >= 0.6 is 0 Å². The Morgan fingerprint density at radius 3 is 2.67 bits per heavy atom. The quantitative estimate of drug-likeness (QED) is 0.868. The molecule has 0 aromatic heterocycles. The van der Waals surface area contributed by atoms with Crippen LogP contribution in [-0.4, -0.2) is 34.9 Å². The lowest BCUT2D eigenvalue weighted by molar-refractivity contribution is -0.139. The molecule has 0 radical (unpaired) electrons. The van der Waals surface area contributed by atoms with Crippen LogP contribution in [0.25, 0.3) is 0 Å². The first-order valence-electron chi connectivity index (χ1n) is 7.25. The number of amides is 2. The van der Waals surface area contributed by atoms with Gasteiger partial charge in [0.2, 0.25) is 11.8 Å². The zero-order valence-electron chi connectivity index (χ0n) is 12.3. The highest BCUT2D eigenvalue weighted by atomic mass is 16.3.